The minimum atomic E-state index is -0.269. The summed E-state index contributed by atoms with van der Waals surface area (Å²) in [6, 6.07) is 6.36. The van der Waals surface area contributed by atoms with Crippen LogP contribution >= 0.6 is 0 Å². The quantitative estimate of drug-likeness (QED) is 0.877. The van der Waals surface area contributed by atoms with Gasteiger partial charge < -0.3 is 9.84 Å². The van der Waals surface area contributed by atoms with Crippen molar-refractivity contribution >= 4 is 0 Å². The number of rotatable bonds is 5. The van der Waals surface area contributed by atoms with Crippen molar-refractivity contribution in [1.29, 1.82) is 0 Å². The van der Waals surface area contributed by atoms with Crippen LogP contribution in [0.1, 0.15) is 11.1 Å². The van der Waals surface area contributed by atoms with E-state index in [-0.39, 0.29) is 12.4 Å². The summed E-state index contributed by atoms with van der Waals surface area (Å²) in [4.78, 5) is 0. The number of aliphatic hydroxyl groups excluding tert-OH is 1. The zero-order valence-corrected chi connectivity index (χ0v) is 10.1. The molecule has 1 aromatic heterocycles. The van der Waals surface area contributed by atoms with Gasteiger partial charge in [-0.2, -0.15) is 5.10 Å². The lowest BCUT2D eigenvalue weighted by molar-refractivity contribution is 0.295. The molecule has 4 nitrogen and oxygen atoms in total. The molecule has 2 aromatic rings. The average Bonchev–Trinajstić information content (AvgIpc) is 2.72. The first-order chi connectivity index (χ1) is 8.74. The largest absolute Gasteiger partial charge is 0.481 e. The van der Waals surface area contributed by atoms with E-state index in [1.807, 2.05) is 6.07 Å². The van der Waals surface area contributed by atoms with Gasteiger partial charge in [0, 0.05) is 18.6 Å². The smallest absolute Gasteiger partial charge is 0.215 e. The third-order valence-electron chi connectivity index (χ3n) is 2.66. The van der Waals surface area contributed by atoms with Crippen LogP contribution in [-0.2, 0) is 13.0 Å². The highest BCUT2D eigenvalue weighted by atomic mass is 19.1. The molecule has 1 heterocycles. The standard InChI is InChI=1S/C13H15FN2O2/c1-18-13-11(5-6-17)8-15-16(13)9-10-3-2-4-12(14)7-10/h2-4,7-8,17H,5-6,9H2,1H3. The Bertz CT molecular complexity index is 525. The molecule has 0 fully saturated rings. The lowest BCUT2D eigenvalue weighted by Crippen LogP contribution is -2.05. The van der Waals surface area contributed by atoms with Crippen molar-refractivity contribution in [3.63, 3.8) is 0 Å². The zero-order valence-electron chi connectivity index (χ0n) is 10.1. The van der Waals surface area contributed by atoms with Crippen molar-refractivity contribution in [3.8, 4) is 5.88 Å². The third-order valence-corrected chi connectivity index (χ3v) is 2.66. The predicted octanol–water partition coefficient (Wildman–Crippen LogP) is 1.61. The zero-order chi connectivity index (χ0) is 13.0. The predicted molar refractivity (Wildman–Crippen MR) is 65.1 cm³/mol. The number of hydrogen-bond donors (Lipinski definition) is 1. The number of halogens is 1. The first kappa shape index (κ1) is 12.6. The Morgan fingerprint density at radius 1 is 1.44 bits per heavy atom. The van der Waals surface area contributed by atoms with Gasteiger partial charge in [-0.05, 0) is 17.7 Å². The second kappa shape index (κ2) is 5.64. The number of methoxy groups -OCH3 is 1. The first-order valence-corrected chi connectivity index (χ1v) is 5.68. The van der Waals surface area contributed by atoms with Crippen molar-refractivity contribution in [2.24, 2.45) is 0 Å². The Labute approximate surface area is 105 Å². The third kappa shape index (κ3) is 2.68. The molecule has 0 aliphatic carbocycles. The molecule has 0 aliphatic rings. The van der Waals surface area contributed by atoms with Gasteiger partial charge in [-0.15, -0.1) is 0 Å². The van der Waals surface area contributed by atoms with E-state index in [2.05, 4.69) is 5.10 Å². The van der Waals surface area contributed by atoms with E-state index in [1.165, 1.54) is 12.1 Å². The summed E-state index contributed by atoms with van der Waals surface area (Å²) in [7, 11) is 1.56. The summed E-state index contributed by atoms with van der Waals surface area (Å²) in [6.07, 6.45) is 2.15. The average molecular weight is 250 g/mol. The molecule has 0 amide bonds. The fourth-order valence-electron chi connectivity index (χ4n) is 1.86. The van der Waals surface area contributed by atoms with Gasteiger partial charge in [0.05, 0.1) is 19.9 Å². The first-order valence-electron chi connectivity index (χ1n) is 5.68. The Balaban J connectivity index is 2.23. The van der Waals surface area contributed by atoms with E-state index in [4.69, 9.17) is 9.84 Å². The Hall–Kier alpha value is -1.88. The van der Waals surface area contributed by atoms with Gasteiger partial charge in [0.25, 0.3) is 0 Å². The summed E-state index contributed by atoms with van der Waals surface area (Å²) < 4.78 is 20.0. The van der Waals surface area contributed by atoms with E-state index in [0.29, 0.717) is 18.8 Å². The van der Waals surface area contributed by atoms with E-state index in [0.717, 1.165) is 11.1 Å². The molecule has 0 aliphatic heterocycles. The molecular formula is C13H15FN2O2. The molecule has 18 heavy (non-hydrogen) atoms. The van der Waals surface area contributed by atoms with Gasteiger partial charge in [0.2, 0.25) is 5.88 Å². The van der Waals surface area contributed by atoms with Gasteiger partial charge in [-0.1, -0.05) is 12.1 Å². The minimum absolute atomic E-state index is 0.0437. The monoisotopic (exact) mass is 250 g/mol. The van der Waals surface area contributed by atoms with Crippen molar-refractivity contribution < 1.29 is 14.2 Å². The normalized spacial score (nSPS) is 10.6. The summed E-state index contributed by atoms with van der Waals surface area (Å²) in [5.41, 5.74) is 1.66. The van der Waals surface area contributed by atoms with E-state index in [9.17, 15) is 4.39 Å². The molecule has 5 heteroatoms. The molecule has 0 atom stereocenters. The van der Waals surface area contributed by atoms with Crippen LogP contribution in [0.25, 0.3) is 0 Å². The fourth-order valence-corrected chi connectivity index (χ4v) is 1.86. The summed E-state index contributed by atoms with van der Waals surface area (Å²) in [5, 5.41) is 13.1. The Morgan fingerprint density at radius 3 is 2.94 bits per heavy atom. The van der Waals surface area contributed by atoms with Crippen LogP contribution in [0.5, 0.6) is 5.88 Å². The molecule has 1 N–H and O–H groups in total. The van der Waals surface area contributed by atoms with Gasteiger partial charge in [0.1, 0.15) is 5.82 Å². The van der Waals surface area contributed by atoms with Crippen molar-refractivity contribution in [2.45, 2.75) is 13.0 Å². The fraction of sp³-hybridized carbons (Fsp3) is 0.308. The maximum absolute atomic E-state index is 13.1. The Kier molecular flexibility index (Phi) is 3.94. The van der Waals surface area contributed by atoms with E-state index >= 15 is 0 Å². The molecule has 0 spiro atoms. The van der Waals surface area contributed by atoms with Gasteiger partial charge >= 0.3 is 0 Å². The maximum Gasteiger partial charge on any atom is 0.215 e. The van der Waals surface area contributed by atoms with Crippen LogP contribution in [0.4, 0.5) is 4.39 Å². The second-order valence-corrected chi connectivity index (χ2v) is 3.94. The highest BCUT2D eigenvalue weighted by molar-refractivity contribution is 5.26. The SMILES string of the molecule is COc1c(CCO)cnn1Cc1cccc(F)c1. The summed E-state index contributed by atoms with van der Waals surface area (Å²) in [6.45, 7) is 0.481. The molecule has 1 aromatic carbocycles. The van der Waals surface area contributed by atoms with Gasteiger partial charge in [-0.3, -0.25) is 0 Å². The molecule has 2 rings (SSSR count). The minimum Gasteiger partial charge on any atom is -0.481 e. The number of ether oxygens (including phenoxy) is 1. The van der Waals surface area contributed by atoms with E-state index < -0.39 is 0 Å². The van der Waals surface area contributed by atoms with Crippen LogP contribution in [0, 0.1) is 5.82 Å². The summed E-state index contributed by atoms with van der Waals surface area (Å²) in [5.74, 6) is 0.336. The van der Waals surface area contributed by atoms with Gasteiger partial charge in [0.15, 0.2) is 0 Å². The molecule has 0 radical (unpaired) electrons. The lowest BCUT2D eigenvalue weighted by Gasteiger charge is -2.08. The lowest BCUT2D eigenvalue weighted by atomic mass is 10.2. The van der Waals surface area contributed by atoms with Crippen LogP contribution < -0.4 is 4.74 Å². The molecule has 0 unspecified atom stereocenters. The number of nitrogens with zero attached hydrogens (tertiary/aromatic N) is 2. The van der Waals surface area contributed by atoms with Crippen molar-refractivity contribution in [1.82, 2.24) is 9.78 Å². The topological polar surface area (TPSA) is 47.3 Å². The van der Waals surface area contributed by atoms with Crippen LogP contribution in [0.2, 0.25) is 0 Å². The summed E-state index contributed by atoms with van der Waals surface area (Å²) >= 11 is 0. The highest BCUT2D eigenvalue weighted by Crippen LogP contribution is 2.19. The molecule has 0 saturated heterocycles. The molecule has 0 saturated carbocycles. The van der Waals surface area contributed by atoms with Crippen LogP contribution in [0.15, 0.2) is 30.5 Å². The van der Waals surface area contributed by atoms with Crippen LogP contribution in [0.3, 0.4) is 0 Å². The number of aromatic nitrogens is 2. The van der Waals surface area contributed by atoms with Crippen LogP contribution in [-0.4, -0.2) is 28.6 Å². The molecule has 96 valence electrons. The number of benzene rings is 1. The van der Waals surface area contributed by atoms with Gasteiger partial charge in [-0.25, -0.2) is 9.07 Å². The van der Waals surface area contributed by atoms with Crippen molar-refractivity contribution in [3.05, 3.63) is 47.4 Å². The molecular weight excluding hydrogens is 235 g/mol. The Morgan fingerprint density at radius 2 is 2.28 bits per heavy atom. The highest BCUT2D eigenvalue weighted by Gasteiger charge is 2.11. The van der Waals surface area contributed by atoms with Crippen molar-refractivity contribution in [2.75, 3.05) is 13.7 Å². The second-order valence-electron chi connectivity index (χ2n) is 3.94. The maximum atomic E-state index is 13.1. The number of hydrogen-bond acceptors (Lipinski definition) is 3. The molecule has 0 bridgehead atoms. The van der Waals surface area contributed by atoms with E-state index in [1.54, 1.807) is 24.1 Å². The number of aliphatic hydroxyl groups is 1.